The first kappa shape index (κ1) is 30.5. The SMILES string of the molecule is CCCCCCc1c(-c2ccc(OCc3ccccc3)c(OCc3ccccc3)c2)oc2c(OC)c(OC)cc(O)c2c1=O. The minimum absolute atomic E-state index is 0.0697. The van der Waals surface area contributed by atoms with Crippen molar-refractivity contribution >= 4 is 11.0 Å². The van der Waals surface area contributed by atoms with Gasteiger partial charge in [-0.05, 0) is 42.2 Å². The van der Waals surface area contributed by atoms with Crippen LogP contribution in [-0.2, 0) is 19.6 Å². The lowest BCUT2D eigenvalue weighted by Crippen LogP contribution is -2.12. The third-order valence-electron chi connectivity index (χ3n) is 7.54. The van der Waals surface area contributed by atoms with Crippen molar-refractivity contribution in [1.29, 1.82) is 0 Å². The van der Waals surface area contributed by atoms with Crippen molar-refractivity contribution in [3.8, 4) is 40.1 Å². The number of benzene rings is 4. The highest BCUT2D eigenvalue weighted by Crippen LogP contribution is 2.43. The maximum Gasteiger partial charge on any atom is 0.205 e. The van der Waals surface area contributed by atoms with Gasteiger partial charge in [0.15, 0.2) is 28.3 Å². The van der Waals surface area contributed by atoms with Crippen molar-refractivity contribution in [2.24, 2.45) is 0 Å². The van der Waals surface area contributed by atoms with Gasteiger partial charge in [-0.1, -0.05) is 86.8 Å². The van der Waals surface area contributed by atoms with E-state index in [2.05, 4.69) is 6.92 Å². The zero-order valence-corrected chi connectivity index (χ0v) is 25.4. The van der Waals surface area contributed by atoms with E-state index in [9.17, 15) is 9.90 Å². The third-order valence-corrected chi connectivity index (χ3v) is 7.54. The topological polar surface area (TPSA) is 87.4 Å². The molecule has 4 aromatic carbocycles. The second kappa shape index (κ2) is 14.5. The summed E-state index contributed by atoms with van der Waals surface area (Å²) in [5.41, 5.74) is 3.00. The Morgan fingerprint density at radius 1 is 0.727 bits per heavy atom. The van der Waals surface area contributed by atoms with E-state index in [0.29, 0.717) is 48.0 Å². The molecule has 0 saturated heterocycles. The van der Waals surface area contributed by atoms with Gasteiger partial charge in [-0.2, -0.15) is 0 Å². The van der Waals surface area contributed by atoms with Crippen molar-refractivity contribution in [3.63, 3.8) is 0 Å². The number of ether oxygens (including phenoxy) is 4. The Labute approximate surface area is 257 Å². The van der Waals surface area contributed by atoms with Gasteiger partial charge in [0, 0.05) is 17.2 Å². The number of phenolic OH excluding ortho intramolecular Hbond substituents is 1. The lowest BCUT2D eigenvalue weighted by atomic mass is 9.98. The Balaban J connectivity index is 1.63. The van der Waals surface area contributed by atoms with Gasteiger partial charge in [0.25, 0.3) is 0 Å². The molecule has 5 rings (SSSR count). The molecular weight excluding hydrogens is 556 g/mol. The summed E-state index contributed by atoms with van der Waals surface area (Å²) in [4.78, 5) is 14.0. The van der Waals surface area contributed by atoms with E-state index in [1.54, 1.807) is 0 Å². The molecule has 1 heterocycles. The lowest BCUT2D eigenvalue weighted by Gasteiger charge is -2.17. The predicted octanol–water partition coefficient (Wildman–Crippen LogP) is 8.46. The standard InChI is InChI=1S/C37H38O7/c1-4-5-6-13-18-28-34(39)33-29(38)22-32(40-2)36(41-3)37(33)44-35(28)27-19-20-30(42-23-25-14-9-7-10-15-25)31(21-27)43-24-26-16-11-8-12-17-26/h7-12,14-17,19-22,38H,4-6,13,18,23-24H2,1-3H3. The number of rotatable bonds is 14. The molecule has 0 saturated carbocycles. The summed E-state index contributed by atoms with van der Waals surface area (Å²) in [6, 6.07) is 26.7. The Morgan fingerprint density at radius 2 is 1.39 bits per heavy atom. The summed E-state index contributed by atoms with van der Waals surface area (Å²) in [7, 11) is 2.94. The van der Waals surface area contributed by atoms with Crippen molar-refractivity contribution in [3.05, 3.63) is 112 Å². The molecule has 0 radical (unpaired) electrons. The number of hydrogen-bond donors (Lipinski definition) is 1. The number of phenols is 1. The van der Waals surface area contributed by atoms with Crippen LogP contribution in [0, 0.1) is 0 Å². The number of aromatic hydroxyl groups is 1. The largest absolute Gasteiger partial charge is 0.507 e. The molecule has 7 nitrogen and oxygen atoms in total. The summed E-state index contributed by atoms with van der Waals surface area (Å²) in [6.07, 6.45) is 4.41. The van der Waals surface area contributed by atoms with Gasteiger partial charge in [0.1, 0.15) is 30.1 Å². The first-order valence-electron chi connectivity index (χ1n) is 15.0. The van der Waals surface area contributed by atoms with Crippen molar-refractivity contribution in [1.82, 2.24) is 0 Å². The highest BCUT2D eigenvalue weighted by atomic mass is 16.5. The number of fused-ring (bicyclic) bond motifs is 1. The van der Waals surface area contributed by atoms with Crippen LogP contribution >= 0.6 is 0 Å². The van der Waals surface area contributed by atoms with Gasteiger partial charge in [-0.15, -0.1) is 0 Å². The maximum absolute atomic E-state index is 14.0. The molecule has 1 aromatic heterocycles. The summed E-state index contributed by atoms with van der Waals surface area (Å²) < 4.78 is 30.0. The molecule has 44 heavy (non-hydrogen) atoms. The maximum atomic E-state index is 14.0. The molecule has 0 aliphatic carbocycles. The summed E-state index contributed by atoms with van der Waals surface area (Å²) in [5, 5.41) is 10.9. The summed E-state index contributed by atoms with van der Waals surface area (Å²) in [6.45, 7) is 2.84. The van der Waals surface area contributed by atoms with Gasteiger partial charge < -0.3 is 28.5 Å². The second-order valence-electron chi connectivity index (χ2n) is 10.6. The molecule has 0 amide bonds. The highest BCUT2D eigenvalue weighted by molar-refractivity contribution is 5.92. The lowest BCUT2D eigenvalue weighted by molar-refractivity contribution is 0.256. The minimum atomic E-state index is -0.299. The van der Waals surface area contributed by atoms with E-state index in [1.165, 1.54) is 20.3 Å². The van der Waals surface area contributed by atoms with E-state index in [0.717, 1.165) is 36.8 Å². The Kier molecular flexibility index (Phi) is 10.1. The van der Waals surface area contributed by atoms with Crippen LogP contribution in [0.2, 0.25) is 0 Å². The molecular formula is C37H38O7. The van der Waals surface area contributed by atoms with Gasteiger partial charge >= 0.3 is 0 Å². The van der Waals surface area contributed by atoms with Crippen LogP contribution < -0.4 is 24.4 Å². The minimum Gasteiger partial charge on any atom is -0.507 e. The molecule has 0 aliphatic rings. The smallest absolute Gasteiger partial charge is 0.205 e. The first-order chi connectivity index (χ1) is 21.5. The zero-order chi connectivity index (χ0) is 30.9. The predicted molar refractivity (Wildman–Crippen MR) is 172 cm³/mol. The molecule has 0 aliphatic heterocycles. The molecule has 0 fully saturated rings. The van der Waals surface area contributed by atoms with Crippen LogP contribution in [0.25, 0.3) is 22.3 Å². The Morgan fingerprint density at radius 3 is 2.00 bits per heavy atom. The van der Waals surface area contributed by atoms with E-state index < -0.39 is 0 Å². The summed E-state index contributed by atoms with van der Waals surface area (Å²) in [5.74, 6) is 1.76. The molecule has 0 spiro atoms. The van der Waals surface area contributed by atoms with E-state index in [-0.39, 0.29) is 33.6 Å². The van der Waals surface area contributed by atoms with E-state index in [4.69, 9.17) is 23.4 Å². The zero-order valence-electron chi connectivity index (χ0n) is 25.4. The molecule has 0 atom stereocenters. The normalized spacial score (nSPS) is 11.0. The highest BCUT2D eigenvalue weighted by Gasteiger charge is 2.24. The van der Waals surface area contributed by atoms with Crippen molar-refractivity contribution in [2.75, 3.05) is 14.2 Å². The quantitative estimate of drug-likeness (QED) is 0.129. The molecule has 0 bridgehead atoms. The Hall–Kier alpha value is -4.91. The van der Waals surface area contributed by atoms with Gasteiger partial charge in [-0.3, -0.25) is 4.79 Å². The number of hydrogen-bond acceptors (Lipinski definition) is 7. The molecule has 1 N–H and O–H groups in total. The molecule has 228 valence electrons. The van der Waals surface area contributed by atoms with Crippen LogP contribution in [0.1, 0.15) is 49.3 Å². The molecule has 5 aromatic rings. The average Bonchev–Trinajstić information content (AvgIpc) is 3.06. The van der Waals surface area contributed by atoms with Gasteiger partial charge in [-0.25, -0.2) is 0 Å². The summed E-state index contributed by atoms with van der Waals surface area (Å²) >= 11 is 0. The van der Waals surface area contributed by atoms with Crippen LogP contribution in [0.15, 0.2) is 94.1 Å². The van der Waals surface area contributed by atoms with Gasteiger partial charge in [0.05, 0.1) is 14.2 Å². The Bertz CT molecular complexity index is 1740. The first-order valence-corrected chi connectivity index (χ1v) is 15.0. The number of unbranched alkanes of at least 4 members (excludes halogenated alkanes) is 3. The fourth-order valence-electron chi connectivity index (χ4n) is 5.22. The van der Waals surface area contributed by atoms with Crippen LogP contribution in [0.5, 0.6) is 28.7 Å². The number of methoxy groups -OCH3 is 2. The average molecular weight is 595 g/mol. The van der Waals surface area contributed by atoms with Crippen LogP contribution in [0.3, 0.4) is 0 Å². The second-order valence-corrected chi connectivity index (χ2v) is 10.6. The van der Waals surface area contributed by atoms with Crippen LogP contribution in [-0.4, -0.2) is 19.3 Å². The van der Waals surface area contributed by atoms with E-state index in [1.807, 2.05) is 78.9 Å². The van der Waals surface area contributed by atoms with Crippen molar-refractivity contribution in [2.45, 2.75) is 52.2 Å². The fourth-order valence-corrected chi connectivity index (χ4v) is 5.22. The van der Waals surface area contributed by atoms with E-state index >= 15 is 0 Å². The van der Waals surface area contributed by atoms with Crippen molar-refractivity contribution < 1.29 is 28.5 Å². The van der Waals surface area contributed by atoms with Crippen LogP contribution in [0.4, 0.5) is 0 Å². The third kappa shape index (κ3) is 6.83. The molecule has 0 unspecified atom stereocenters. The monoisotopic (exact) mass is 594 g/mol. The molecule has 7 heteroatoms. The van der Waals surface area contributed by atoms with Gasteiger partial charge in [0.2, 0.25) is 5.75 Å². The fraction of sp³-hybridized carbons (Fsp3) is 0.270.